The summed E-state index contributed by atoms with van der Waals surface area (Å²) >= 11 is 0. The molecule has 0 aromatic heterocycles. The predicted octanol–water partition coefficient (Wildman–Crippen LogP) is 3.91. The van der Waals surface area contributed by atoms with Gasteiger partial charge in [-0.1, -0.05) is 6.92 Å². The highest BCUT2D eigenvalue weighted by Gasteiger charge is 2.63. The molecule has 0 saturated heterocycles. The van der Waals surface area contributed by atoms with Crippen molar-refractivity contribution in [3.8, 4) is 0 Å². The Morgan fingerprint density at radius 3 is 2.68 bits per heavy atom. The van der Waals surface area contributed by atoms with Gasteiger partial charge in [-0.25, -0.2) is 4.39 Å². The van der Waals surface area contributed by atoms with Crippen LogP contribution in [0.4, 0.5) is 4.39 Å². The number of alkyl halides is 1. The molecule has 0 aromatic carbocycles. The minimum atomic E-state index is -0.768. The quantitative estimate of drug-likeness (QED) is 0.737. The maximum absolute atomic E-state index is 15.1. The van der Waals surface area contributed by atoms with Gasteiger partial charge in [-0.05, 0) is 80.5 Å². The SMILES string of the molecule is CC12CC[C@@H]3C4CCC(=O)CC4C[C@@H](F)[C@H]3[C@@H]1CC[C@]2(C)O. The lowest BCUT2D eigenvalue weighted by Crippen LogP contribution is -2.55. The average Bonchev–Trinajstić information content (AvgIpc) is 2.69. The summed E-state index contributed by atoms with van der Waals surface area (Å²) in [5, 5.41) is 10.8. The molecule has 4 fully saturated rings. The fourth-order valence-electron chi connectivity index (χ4n) is 6.87. The molecule has 8 atom stereocenters. The number of halogens is 1. The fourth-order valence-corrected chi connectivity index (χ4v) is 6.87. The summed E-state index contributed by atoms with van der Waals surface area (Å²) in [6.45, 7) is 4.16. The highest BCUT2D eigenvalue weighted by atomic mass is 19.1. The lowest BCUT2D eigenvalue weighted by Gasteiger charge is -2.57. The van der Waals surface area contributed by atoms with E-state index in [0.29, 0.717) is 48.7 Å². The molecule has 2 nitrogen and oxygen atoms in total. The monoisotopic (exact) mass is 308 g/mol. The van der Waals surface area contributed by atoms with Gasteiger partial charge in [0.05, 0.1) is 5.60 Å². The van der Waals surface area contributed by atoms with Crippen LogP contribution >= 0.6 is 0 Å². The fraction of sp³-hybridized carbons (Fsp3) is 0.947. The van der Waals surface area contributed by atoms with Gasteiger partial charge in [0.15, 0.2) is 0 Å². The lowest BCUT2D eigenvalue weighted by atomic mass is 9.49. The van der Waals surface area contributed by atoms with Crippen molar-refractivity contribution in [3.63, 3.8) is 0 Å². The van der Waals surface area contributed by atoms with Gasteiger partial charge >= 0.3 is 0 Å². The average molecular weight is 308 g/mol. The highest BCUT2D eigenvalue weighted by Crippen LogP contribution is 2.65. The van der Waals surface area contributed by atoms with Crippen LogP contribution in [0.25, 0.3) is 0 Å². The van der Waals surface area contributed by atoms with E-state index in [9.17, 15) is 9.90 Å². The van der Waals surface area contributed by atoms with Gasteiger partial charge < -0.3 is 5.11 Å². The Kier molecular flexibility index (Phi) is 3.28. The van der Waals surface area contributed by atoms with Crippen molar-refractivity contribution in [3.05, 3.63) is 0 Å². The number of fused-ring (bicyclic) bond motifs is 5. The summed E-state index contributed by atoms with van der Waals surface area (Å²) in [6.07, 6.45) is 5.99. The van der Waals surface area contributed by atoms with Crippen LogP contribution in [0.5, 0.6) is 0 Å². The van der Waals surface area contributed by atoms with Gasteiger partial charge in [0, 0.05) is 12.8 Å². The van der Waals surface area contributed by atoms with Crippen LogP contribution in [0, 0.1) is 35.0 Å². The van der Waals surface area contributed by atoms with Crippen molar-refractivity contribution in [2.75, 3.05) is 0 Å². The number of rotatable bonds is 0. The van der Waals surface area contributed by atoms with E-state index in [2.05, 4.69) is 6.92 Å². The van der Waals surface area contributed by atoms with E-state index < -0.39 is 11.8 Å². The Morgan fingerprint density at radius 1 is 1.14 bits per heavy atom. The molecule has 3 unspecified atom stereocenters. The number of aliphatic hydroxyl groups is 1. The van der Waals surface area contributed by atoms with E-state index in [1.165, 1.54) is 0 Å². The summed E-state index contributed by atoms with van der Waals surface area (Å²) in [5.41, 5.74) is -0.752. The highest BCUT2D eigenvalue weighted by molar-refractivity contribution is 5.79. The Hall–Kier alpha value is -0.440. The van der Waals surface area contributed by atoms with Gasteiger partial charge in [-0.15, -0.1) is 0 Å². The molecule has 4 aliphatic carbocycles. The third kappa shape index (κ3) is 1.90. The molecular weight excluding hydrogens is 279 g/mol. The number of carbonyl (C=O) groups is 1. The molecule has 4 rings (SSSR count). The van der Waals surface area contributed by atoms with Gasteiger partial charge in [0.25, 0.3) is 0 Å². The molecule has 124 valence electrons. The molecule has 0 radical (unpaired) electrons. The zero-order chi connectivity index (χ0) is 15.7. The van der Waals surface area contributed by atoms with Crippen molar-refractivity contribution in [2.24, 2.45) is 35.0 Å². The van der Waals surface area contributed by atoms with Crippen LogP contribution in [0.1, 0.15) is 65.2 Å². The summed E-state index contributed by atoms with van der Waals surface area (Å²) in [4.78, 5) is 11.7. The molecule has 4 aliphatic rings. The standard InChI is InChI=1S/C19H29FO2/c1-18-7-5-14-13-4-3-12(21)9-11(13)10-16(20)17(14)15(18)6-8-19(18,2)22/h11,13-17,22H,3-10H2,1-2H3/t11?,13?,14-,15+,16-,17-,18?,19+/m1/s1. The topological polar surface area (TPSA) is 37.3 Å². The second kappa shape index (κ2) is 4.78. The molecular formula is C19H29FO2. The molecule has 1 N–H and O–H groups in total. The first-order valence-electron chi connectivity index (χ1n) is 9.21. The Morgan fingerprint density at radius 2 is 1.91 bits per heavy atom. The van der Waals surface area contributed by atoms with E-state index in [-0.39, 0.29) is 11.3 Å². The van der Waals surface area contributed by atoms with Crippen LogP contribution in [0.15, 0.2) is 0 Å². The molecule has 0 aliphatic heterocycles. The van der Waals surface area contributed by atoms with Crippen LogP contribution in [-0.4, -0.2) is 22.7 Å². The summed E-state index contributed by atoms with van der Waals surface area (Å²) in [6, 6.07) is 0. The van der Waals surface area contributed by atoms with E-state index in [0.717, 1.165) is 32.1 Å². The summed E-state index contributed by atoms with van der Waals surface area (Å²) < 4.78 is 15.1. The number of hydrogen-bond acceptors (Lipinski definition) is 2. The molecule has 0 spiro atoms. The van der Waals surface area contributed by atoms with Gasteiger partial charge in [0.2, 0.25) is 0 Å². The molecule has 3 heteroatoms. The number of Topliss-reactive ketones (excluding diaryl/α,β-unsaturated/α-hetero) is 1. The van der Waals surface area contributed by atoms with Gasteiger partial charge in [-0.2, -0.15) is 0 Å². The van der Waals surface area contributed by atoms with E-state index >= 15 is 4.39 Å². The molecule has 4 saturated carbocycles. The summed E-state index contributed by atoms with van der Waals surface area (Å²) in [5.74, 6) is 2.11. The van der Waals surface area contributed by atoms with Crippen LogP contribution in [0.2, 0.25) is 0 Å². The largest absolute Gasteiger partial charge is 0.390 e. The first-order valence-corrected chi connectivity index (χ1v) is 9.21. The molecule has 0 aromatic rings. The Labute approximate surface area is 132 Å². The maximum Gasteiger partial charge on any atom is 0.133 e. The smallest absolute Gasteiger partial charge is 0.133 e. The molecule has 0 amide bonds. The lowest BCUT2D eigenvalue weighted by molar-refractivity contribution is -0.147. The van der Waals surface area contributed by atoms with Crippen molar-refractivity contribution >= 4 is 5.78 Å². The number of hydrogen-bond donors (Lipinski definition) is 1. The first-order chi connectivity index (χ1) is 10.3. The number of carbonyl (C=O) groups excluding carboxylic acids is 1. The van der Waals surface area contributed by atoms with Crippen LogP contribution in [0.3, 0.4) is 0 Å². The first kappa shape index (κ1) is 15.1. The third-order valence-electron chi connectivity index (χ3n) is 8.29. The third-order valence-corrected chi connectivity index (χ3v) is 8.29. The zero-order valence-electron chi connectivity index (χ0n) is 13.9. The van der Waals surface area contributed by atoms with Crippen molar-refractivity contribution in [1.82, 2.24) is 0 Å². The van der Waals surface area contributed by atoms with Gasteiger partial charge in [0.1, 0.15) is 12.0 Å². The Bertz CT molecular complexity index is 488. The molecule has 0 heterocycles. The van der Waals surface area contributed by atoms with Gasteiger partial charge in [-0.3, -0.25) is 4.79 Å². The zero-order valence-corrected chi connectivity index (χ0v) is 13.9. The van der Waals surface area contributed by atoms with Crippen LogP contribution in [-0.2, 0) is 4.79 Å². The minimum Gasteiger partial charge on any atom is -0.390 e. The second-order valence-corrected chi connectivity index (χ2v) is 9.07. The van der Waals surface area contributed by atoms with E-state index in [1.807, 2.05) is 6.92 Å². The van der Waals surface area contributed by atoms with Crippen molar-refractivity contribution < 1.29 is 14.3 Å². The predicted molar refractivity (Wildman–Crippen MR) is 83.0 cm³/mol. The number of ketones is 1. The van der Waals surface area contributed by atoms with Crippen molar-refractivity contribution in [1.29, 1.82) is 0 Å². The second-order valence-electron chi connectivity index (χ2n) is 9.07. The maximum atomic E-state index is 15.1. The van der Waals surface area contributed by atoms with Crippen molar-refractivity contribution in [2.45, 2.75) is 77.0 Å². The Balaban J connectivity index is 1.64. The minimum absolute atomic E-state index is 0.115. The molecule has 0 bridgehead atoms. The summed E-state index contributed by atoms with van der Waals surface area (Å²) in [7, 11) is 0. The molecule has 22 heavy (non-hydrogen) atoms. The van der Waals surface area contributed by atoms with E-state index in [1.54, 1.807) is 0 Å². The van der Waals surface area contributed by atoms with Crippen LogP contribution < -0.4 is 0 Å². The normalized spacial score (nSPS) is 57.9. The van der Waals surface area contributed by atoms with E-state index in [4.69, 9.17) is 0 Å².